The van der Waals surface area contributed by atoms with Crippen LogP contribution in [0.1, 0.15) is 78.3 Å². The minimum atomic E-state index is -4.31. The molecular weight excluding hydrogens is 943 g/mol. The normalized spacial score (nSPS) is 16.9. The second-order valence-electron chi connectivity index (χ2n) is 17.1. The molecule has 0 saturated heterocycles. The largest absolute Gasteiger partial charge is 0.504 e. The number of carboxylic acid groups (broad SMARTS) is 1. The molecule has 4 amide bonds. The van der Waals surface area contributed by atoms with E-state index in [1.165, 1.54) is 45.2 Å². The van der Waals surface area contributed by atoms with Crippen LogP contribution < -0.4 is 52.5 Å². The molecule has 5 atom stereocenters. The summed E-state index contributed by atoms with van der Waals surface area (Å²) in [7, 11) is -3.11. The Kier molecular flexibility index (Phi) is 19.2. The zero-order chi connectivity index (χ0) is 52.2. The minimum Gasteiger partial charge on any atom is -0.504 e. The molecule has 0 spiro atoms. The number of likely N-dealkylation sites (N-methyl/N-ethyl adjacent to an activating group) is 1. The van der Waals surface area contributed by atoms with Gasteiger partial charge in [-0.1, -0.05) is 43.7 Å². The number of aromatic nitrogens is 2. The lowest BCUT2D eigenvalue weighted by Gasteiger charge is -2.33. The predicted molar refractivity (Wildman–Crippen MR) is 262 cm³/mol. The maximum absolute atomic E-state index is 15.0. The Balaban J connectivity index is 1.65. The van der Waals surface area contributed by atoms with Crippen LogP contribution in [-0.2, 0) is 42.2 Å². The summed E-state index contributed by atoms with van der Waals surface area (Å²) in [4.78, 5) is 79.8. The van der Waals surface area contributed by atoms with Crippen LogP contribution >= 0.6 is 0 Å². The van der Waals surface area contributed by atoms with Crippen molar-refractivity contribution in [2.24, 2.45) is 16.6 Å². The molecule has 0 radical (unpaired) electrons. The lowest BCUT2D eigenvalue weighted by atomic mass is 9.93. The number of aromatic hydroxyl groups is 1. The third kappa shape index (κ3) is 14.6. The summed E-state index contributed by atoms with van der Waals surface area (Å²) in [6, 6.07) is 8.46. The highest BCUT2D eigenvalue weighted by Gasteiger charge is 2.37. The number of hydrogen-bond acceptors (Lipinski definition) is 16. The zero-order valence-corrected chi connectivity index (χ0v) is 40.8. The molecule has 1 aliphatic heterocycles. The van der Waals surface area contributed by atoms with Gasteiger partial charge in [-0.15, -0.1) is 0 Å². The third-order valence-electron chi connectivity index (χ3n) is 11.6. The molecule has 15 N–H and O–H groups in total. The molecule has 2 heterocycles. The molecular formula is C47H63N11O12S. The molecule has 24 heteroatoms. The summed E-state index contributed by atoms with van der Waals surface area (Å²) in [6.45, 7) is 4.13. The molecule has 0 aliphatic carbocycles. The number of nitrogens with zero attached hydrogens (tertiary/aromatic N) is 3. The van der Waals surface area contributed by atoms with Gasteiger partial charge in [0.1, 0.15) is 54.0 Å². The summed E-state index contributed by atoms with van der Waals surface area (Å²) in [6.07, 6.45) is 1.45. The van der Waals surface area contributed by atoms with Gasteiger partial charge < -0.3 is 62.8 Å². The molecule has 4 aromatic rings. The molecule has 384 valence electrons. The van der Waals surface area contributed by atoms with E-state index in [-0.39, 0.29) is 77.2 Å². The second-order valence-corrected chi connectivity index (χ2v) is 18.4. The Bertz CT molecular complexity index is 2670. The maximum atomic E-state index is 15.0. The number of aliphatic hydroxyl groups is 1. The van der Waals surface area contributed by atoms with E-state index in [4.69, 9.17) is 31.8 Å². The monoisotopic (exact) mass is 1010 g/mol. The van der Waals surface area contributed by atoms with Gasteiger partial charge in [-0.2, -0.15) is 8.42 Å². The lowest BCUT2D eigenvalue weighted by Crippen LogP contribution is -2.55. The number of aryl methyl sites for hydroxylation is 2. The van der Waals surface area contributed by atoms with Crippen LogP contribution in [0.4, 0.5) is 5.82 Å². The number of rotatable bonds is 21. The molecule has 1 aromatic heterocycles. The van der Waals surface area contributed by atoms with Crippen molar-refractivity contribution in [2.45, 2.75) is 89.6 Å². The van der Waals surface area contributed by atoms with E-state index >= 15 is 0 Å². The summed E-state index contributed by atoms with van der Waals surface area (Å²) in [5, 5.41) is 45.3. The molecule has 0 saturated carbocycles. The van der Waals surface area contributed by atoms with Crippen LogP contribution in [0.25, 0.3) is 22.5 Å². The van der Waals surface area contributed by atoms with Gasteiger partial charge in [0.15, 0.2) is 17.3 Å². The van der Waals surface area contributed by atoms with E-state index in [1.807, 2.05) is 24.3 Å². The number of unbranched alkanes of at least 4 members (excludes halogenated alkanes) is 1. The summed E-state index contributed by atoms with van der Waals surface area (Å²) >= 11 is 0. The number of nitrogens with two attached hydrogens (primary N) is 4. The van der Waals surface area contributed by atoms with Gasteiger partial charge in [0.25, 0.3) is 16.1 Å². The molecule has 4 bridgehead atoms. The van der Waals surface area contributed by atoms with Crippen LogP contribution in [0.5, 0.6) is 17.2 Å². The Morgan fingerprint density at radius 1 is 0.972 bits per heavy atom. The highest BCUT2D eigenvalue weighted by Crippen LogP contribution is 2.45. The predicted octanol–water partition coefficient (Wildman–Crippen LogP) is 0.287. The molecule has 0 unspecified atom stereocenters. The molecule has 3 aromatic carbocycles. The van der Waals surface area contributed by atoms with Crippen LogP contribution in [-0.4, -0.2) is 132 Å². The van der Waals surface area contributed by atoms with E-state index in [2.05, 4.69) is 37.6 Å². The first kappa shape index (κ1) is 55.0. The van der Waals surface area contributed by atoms with Crippen LogP contribution in [0.15, 0.2) is 54.6 Å². The van der Waals surface area contributed by atoms with E-state index in [0.717, 1.165) is 29.7 Å². The average Bonchev–Trinajstić information content (AvgIpc) is 3.32. The molecule has 5 rings (SSSR count). The first-order valence-corrected chi connectivity index (χ1v) is 24.5. The summed E-state index contributed by atoms with van der Waals surface area (Å²) < 4.78 is 38.0. The fraction of sp³-hybridized carbons (Fsp3) is 0.426. The number of benzene rings is 3. The van der Waals surface area contributed by atoms with E-state index in [9.17, 15) is 47.7 Å². The number of carbonyl (C=O) groups excluding carboxylic acids is 4. The van der Waals surface area contributed by atoms with Crippen molar-refractivity contribution in [2.75, 3.05) is 45.6 Å². The van der Waals surface area contributed by atoms with Crippen molar-refractivity contribution in [3.8, 4) is 39.8 Å². The first-order valence-electron chi connectivity index (χ1n) is 22.9. The Morgan fingerprint density at radius 3 is 2.32 bits per heavy atom. The molecule has 23 nitrogen and oxygen atoms in total. The Labute approximate surface area is 411 Å². The standard InChI is InChI=1S/C47H63N11O12S/c1-5-6-8-27-9-12-29(13-10-27)42-53-25(2)38(41(50)57-42)44(62)55-34(15-17-52-71(51,67)68)46(64)58(4)39-30-21-33(40(60)37(22-30)70-24-31(59)23-49)32-19-28(11-14-36(32)69-18-7-16-48)20-35(47(65)66)56-43(61)26(3)54-45(39)63/h9-14,19,21-22,26,31,34-35,39,52,59-60H,5-8,15-18,20,23-24,48-49H2,1-4H3,(H,54,63)(H,55,62)(H,56,61)(H,65,66)(H2,50,53,57)(H2,51,67,68)/t26-,31+,34-,35-,39-/m0/s1. The second kappa shape index (κ2) is 24.7. The van der Waals surface area contributed by atoms with E-state index in [1.54, 1.807) is 6.07 Å². The van der Waals surface area contributed by atoms with Crippen molar-refractivity contribution in [1.82, 2.24) is 35.5 Å². The topological polar surface area (TPSA) is 380 Å². The number of phenols is 1. The van der Waals surface area contributed by atoms with Gasteiger partial charge in [0, 0.05) is 43.2 Å². The van der Waals surface area contributed by atoms with Gasteiger partial charge in [-0.25, -0.2) is 24.6 Å². The van der Waals surface area contributed by atoms with Gasteiger partial charge in [-0.05, 0) is 87.0 Å². The molecule has 1 aliphatic rings. The van der Waals surface area contributed by atoms with Crippen molar-refractivity contribution in [1.29, 1.82) is 0 Å². The number of phenolic OH excluding ortho intramolecular Hbond substituents is 1. The van der Waals surface area contributed by atoms with Crippen molar-refractivity contribution < 1.29 is 57.2 Å². The zero-order valence-electron chi connectivity index (χ0n) is 39.9. The highest BCUT2D eigenvalue weighted by atomic mass is 32.2. The van der Waals surface area contributed by atoms with Crippen LogP contribution in [0.2, 0.25) is 0 Å². The van der Waals surface area contributed by atoms with Gasteiger partial charge >= 0.3 is 5.97 Å². The average molecular weight is 1010 g/mol. The van der Waals surface area contributed by atoms with E-state index in [0.29, 0.717) is 17.5 Å². The molecule has 0 fully saturated rings. The maximum Gasteiger partial charge on any atom is 0.326 e. The van der Waals surface area contributed by atoms with Gasteiger partial charge in [0.05, 0.1) is 12.3 Å². The van der Waals surface area contributed by atoms with Crippen LogP contribution in [0.3, 0.4) is 0 Å². The number of anilines is 1. The number of hydrogen-bond donors (Lipinski definition) is 11. The number of amides is 4. The number of nitrogens with one attached hydrogen (secondary N) is 4. The fourth-order valence-corrected chi connectivity index (χ4v) is 8.12. The minimum absolute atomic E-state index is 0.0342. The Morgan fingerprint density at radius 2 is 1.69 bits per heavy atom. The number of carboxylic acids is 1. The van der Waals surface area contributed by atoms with Crippen molar-refractivity contribution >= 4 is 45.6 Å². The smallest absolute Gasteiger partial charge is 0.326 e. The molecule has 71 heavy (non-hydrogen) atoms. The lowest BCUT2D eigenvalue weighted by molar-refractivity contribution is -0.143. The number of aliphatic hydroxyl groups excluding tert-OH is 1. The number of fused-ring (bicyclic) bond motifs is 5. The number of nitrogen functional groups attached to an aromatic ring is 1. The third-order valence-corrected chi connectivity index (χ3v) is 12.2. The SMILES string of the molecule is CCCCc1ccc(-c2nc(C)c(C(=O)N[C@@H](CCNS(N)(=O)=O)C(=O)N(C)[C@@H]3C(=O)N[C@@H](C)C(=O)N[C@H](C(=O)O)Cc4ccc(OCCCN)c(c4)-c4cc3cc(OC[C@H](O)CN)c4O)c(N)n2)cc1. The number of aliphatic carboxylic acids is 1. The quantitative estimate of drug-likeness (QED) is 0.0500. The van der Waals surface area contributed by atoms with E-state index < -0.39 is 95.4 Å². The Hall–Kier alpha value is -6.96. The van der Waals surface area contributed by atoms with Crippen molar-refractivity contribution in [3.63, 3.8) is 0 Å². The summed E-state index contributed by atoms with van der Waals surface area (Å²) in [5.74, 6) is -5.85. The number of ether oxygens (including phenoxy) is 2. The van der Waals surface area contributed by atoms with Gasteiger partial charge in [-0.3, -0.25) is 19.2 Å². The van der Waals surface area contributed by atoms with Crippen LogP contribution in [0, 0.1) is 6.92 Å². The fourth-order valence-electron chi connectivity index (χ4n) is 7.72. The van der Waals surface area contributed by atoms with Gasteiger partial charge in [0.2, 0.25) is 17.7 Å². The summed E-state index contributed by atoms with van der Waals surface area (Å²) in [5.41, 5.74) is 19.9. The van der Waals surface area contributed by atoms with Crippen molar-refractivity contribution in [3.05, 3.63) is 82.5 Å². The number of carbonyl (C=O) groups is 5. The highest BCUT2D eigenvalue weighted by molar-refractivity contribution is 7.87. The first-order chi connectivity index (χ1) is 33.7.